The average molecular weight is 511 g/mol. The van der Waals surface area contributed by atoms with E-state index in [9.17, 15) is 4.79 Å². The number of guanidine groups is 1. The maximum Gasteiger partial charge on any atom is 0.238 e. The Balaban J connectivity index is 0.00000420. The number of ether oxygens (including phenoxy) is 1. The Bertz CT molecular complexity index is 811. The van der Waals surface area contributed by atoms with E-state index in [0.717, 1.165) is 22.6 Å². The first-order chi connectivity index (χ1) is 13.5. The van der Waals surface area contributed by atoms with Gasteiger partial charge in [-0.2, -0.15) is 0 Å². The number of aliphatic imine (C=N–C) groups is 1. The number of rotatable bonds is 8. The number of hydrogen-bond donors (Lipinski definition) is 3. The van der Waals surface area contributed by atoms with E-state index in [0.29, 0.717) is 25.6 Å². The fraction of sp³-hybridized carbons (Fsp3) is 0.333. The van der Waals surface area contributed by atoms with Crippen LogP contribution in [0.25, 0.3) is 0 Å². The molecule has 2 aromatic rings. The van der Waals surface area contributed by atoms with Gasteiger partial charge in [-0.3, -0.25) is 9.79 Å². The van der Waals surface area contributed by atoms with E-state index in [-0.39, 0.29) is 29.9 Å². The second-order valence-corrected chi connectivity index (χ2v) is 6.58. The van der Waals surface area contributed by atoms with Crippen LogP contribution in [0.15, 0.2) is 53.5 Å². The molecule has 7 nitrogen and oxygen atoms in total. The van der Waals surface area contributed by atoms with E-state index < -0.39 is 0 Å². The second-order valence-electron chi connectivity index (χ2n) is 6.58. The van der Waals surface area contributed by atoms with Gasteiger partial charge in [-0.15, -0.1) is 24.0 Å². The van der Waals surface area contributed by atoms with Crippen LogP contribution in [-0.2, 0) is 17.9 Å². The Labute approximate surface area is 189 Å². The van der Waals surface area contributed by atoms with E-state index in [2.05, 4.69) is 20.9 Å². The van der Waals surface area contributed by atoms with Gasteiger partial charge in [-0.1, -0.05) is 30.3 Å². The molecule has 0 aliphatic heterocycles. The number of carbonyl (C=O) groups excluding carboxylic acids is 1. The molecule has 0 heterocycles. The number of carbonyl (C=O) groups is 1. The standard InChI is InChI=1S/C21H29N5O2.HI/c1-22-21(24-14-17-9-5-6-11-19(17)28-4)23-13-16-8-7-10-18(12-16)25-20(27)15-26(2)3;/h5-12H,13-15H2,1-4H3,(H,25,27)(H2,22,23,24);1H. The van der Waals surface area contributed by atoms with Crippen LogP contribution in [0.3, 0.4) is 0 Å². The first-order valence-corrected chi connectivity index (χ1v) is 9.11. The third-order valence-corrected chi connectivity index (χ3v) is 3.99. The molecule has 0 atom stereocenters. The van der Waals surface area contributed by atoms with E-state index in [1.807, 2.05) is 67.5 Å². The number of likely N-dealkylation sites (N-methyl/N-ethyl adjacent to an activating group) is 1. The monoisotopic (exact) mass is 511 g/mol. The summed E-state index contributed by atoms with van der Waals surface area (Å²) in [5.74, 6) is 1.49. The maximum absolute atomic E-state index is 11.9. The molecule has 2 rings (SSSR count). The number of halogens is 1. The van der Waals surface area contributed by atoms with Crippen LogP contribution in [-0.4, -0.2) is 51.6 Å². The zero-order chi connectivity index (χ0) is 20.4. The molecule has 0 bridgehead atoms. The van der Waals surface area contributed by atoms with Gasteiger partial charge in [0, 0.05) is 31.4 Å². The van der Waals surface area contributed by atoms with Crippen molar-refractivity contribution in [1.82, 2.24) is 15.5 Å². The molecule has 0 aliphatic rings. The number of hydrogen-bond acceptors (Lipinski definition) is 4. The van der Waals surface area contributed by atoms with Gasteiger partial charge in [0.2, 0.25) is 5.91 Å². The molecular formula is C21H30IN5O2. The van der Waals surface area contributed by atoms with Crippen molar-refractivity contribution in [2.24, 2.45) is 4.99 Å². The highest BCUT2D eigenvalue weighted by Crippen LogP contribution is 2.16. The Kier molecular flexibility index (Phi) is 11.1. The molecule has 158 valence electrons. The minimum Gasteiger partial charge on any atom is -0.496 e. The van der Waals surface area contributed by atoms with Crippen molar-refractivity contribution < 1.29 is 9.53 Å². The average Bonchev–Trinajstić information content (AvgIpc) is 2.68. The van der Waals surface area contributed by atoms with Crippen LogP contribution in [0, 0.1) is 0 Å². The molecule has 1 amide bonds. The fourth-order valence-electron chi connectivity index (χ4n) is 2.68. The normalized spacial score (nSPS) is 10.9. The Morgan fingerprint density at radius 2 is 1.79 bits per heavy atom. The van der Waals surface area contributed by atoms with Crippen molar-refractivity contribution in [1.29, 1.82) is 0 Å². The number of nitrogens with one attached hydrogen (secondary N) is 3. The number of amides is 1. The van der Waals surface area contributed by atoms with Gasteiger partial charge in [0.1, 0.15) is 5.75 Å². The van der Waals surface area contributed by atoms with Crippen LogP contribution in [0.1, 0.15) is 11.1 Å². The summed E-state index contributed by atoms with van der Waals surface area (Å²) >= 11 is 0. The van der Waals surface area contributed by atoms with Gasteiger partial charge in [0.25, 0.3) is 0 Å². The summed E-state index contributed by atoms with van der Waals surface area (Å²) in [5.41, 5.74) is 2.88. The summed E-state index contributed by atoms with van der Waals surface area (Å²) in [6, 6.07) is 15.6. The summed E-state index contributed by atoms with van der Waals surface area (Å²) < 4.78 is 5.37. The number of methoxy groups -OCH3 is 1. The van der Waals surface area contributed by atoms with E-state index in [4.69, 9.17) is 4.74 Å². The highest BCUT2D eigenvalue weighted by Gasteiger charge is 2.06. The highest BCUT2D eigenvalue weighted by molar-refractivity contribution is 14.0. The van der Waals surface area contributed by atoms with Crippen LogP contribution in [0.2, 0.25) is 0 Å². The summed E-state index contributed by atoms with van der Waals surface area (Å²) in [6.07, 6.45) is 0. The molecular weight excluding hydrogens is 481 g/mol. The minimum absolute atomic E-state index is 0. The van der Waals surface area contributed by atoms with E-state index in [1.165, 1.54) is 0 Å². The number of benzene rings is 2. The highest BCUT2D eigenvalue weighted by atomic mass is 127. The lowest BCUT2D eigenvalue weighted by molar-refractivity contribution is -0.116. The first kappa shape index (κ1) is 24.7. The second kappa shape index (κ2) is 13.0. The van der Waals surface area contributed by atoms with E-state index in [1.54, 1.807) is 14.2 Å². The smallest absolute Gasteiger partial charge is 0.238 e. The van der Waals surface area contributed by atoms with Crippen LogP contribution < -0.4 is 20.7 Å². The van der Waals surface area contributed by atoms with Crippen molar-refractivity contribution in [3.63, 3.8) is 0 Å². The van der Waals surface area contributed by atoms with Crippen molar-refractivity contribution in [2.45, 2.75) is 13.1 Å². The lowest BCUT2D eigenvalue weighted by Gasteiger charge is -2.14. The Hall–Kier alpha value is -2.33. The van der Waals surface area contributed by atoms with Gasteiger partial charge in [0.15, 0.2) is 5.96 Å². The van der Waals surface area contributed by atoms with Crippen LogP contribution in [0.4, 0.5) is 5.69 Å². The molecule has 8 heteroatoms. The summed E-state index contributed by atoms with van der Waals surface area (Å²) in [5, 5.41) is 9.47. The lowest BCUT2D eigenvalue weighted by atomic mass is 10.2. The third-order valence-electron chi connectivity index (χ3n) is 3.99. The molecule has 0 saturated heterocycles. The van der Waals surface area contributed by atoms with Gasteiger partial charge in [-0.05, 0) is 37.9 Å². The largest absolute Gasteiger partial charge is 0.496 e. The quantitative estimate of drug-likeness (QED) is 0.289. The minimum atomic E-state index is -0.0376. The number of para-hydroxylation sites is 1. The van der Waals surface area contributed by atoms with Crippen molar-refractivity contribution in [3.8, 4) is 5.75 Å². The summed E-state index contributed by atoms with van der Waals surface area (Å²) in [4.78, 5) is 18.0. The molecule has 29 heavy (non-hydrogen) atoms. The molecule has 0 saturated carbocycles. The van der Waals surface area contributed by atoms with Gasteiger partial charge < -0.3 is 25.6 Å². The molecule has 2 aromatic carbocycles. The van der Waals surface area contributed by atoms with Gasteiger partial charge in [-0.25, -0.2) is 0 Å². The Morgan fingerprint density at radius 1 is 1.07 bits per heavy atom. The number of anilines is 1. The molecule has 0 fully saturated rings. The predicted molar refractivity (Wildman–Crippen MR) is 129 cm³/mol. The number of nitrogens with zero attached hydrogens (tertiary/aromatic N) is 2. The first-order valence-electron chi connectivity index (χ1n) is 9.11. The van der Waals surface area contributed by atoms with Crippen LogP contribution >= 0.6 is 24.0 Å². The van der Waals surface area contributed by atoms with Gasteiger partial charge >= 0.3 is 0 Å². The summed E-state index contributed by atoms with van der Waals surface area (Å²) in [6.45, 7) is 1.54. The van der Waals surface area contributed by atoms with Crippen LogP contribution in [0.5, 0.6) is 5.75 Å². The lowest BCUT2D eigenvalue weighted by Crippen LogP contribution is -2.36. The van der Waals surface area contributed by atoms with Gasteiger partial charge in [0.05, 0.1) is 13.7 Å². The topological polar surface area (TPSA) is 78.0 Å². The predicted octanol–water partition coefficient (Wildman–Crippen LogP) is 2.68. The van der Waals surface area contributed by atoms with Crippen molar-refractivity contribution in [3.05, 3.63) is 59.7 Å². The Morgan fingerprint density at radius 3 is 2.48 bits per heavy atom. The zero-order valence-corrected chi connectivity index (χ0v) is 19.7. The molecule has 0 aliphatic carbocycles. The third kappa shape index (κ3) is 8.70. The molecule has 0 spiro atoms. The SMILES string of the molecule is CN=C(NCc1cccc(NC(=O)CN(C)C)c1)NCc1ccccc1OC.I. The summed E-state index contributed by atoms with van der Waals surface area (Å²) in [7, 11) is 7.12. The zero-order valence-electron chi connectivity index (χ0n) is 17.4. The van der Waals surface area contributed by atoms with Crippen molar-refractivity contribution >= 4 is 41.5 Å². The van der Waals surface area contributed by atoms with Crippen molar-refractivity contribution in [2.75, 3.05) is 40.1 Å². The molecule has 0 radical (unpaired) electrons. The molecule has 3 N–H and O–H groups in total. The molecule has 0 aromatic heterocycles. The fourth-order valence-corrected chi connectivity index (χ4v) is 2.68. The molecule has 0 unspecified atom stereocenters. The van der Waals surface area contributed by atoms with E-state index >= 15 is 0 Å². The maximum atomic E-state index is 11.9.